The summed E-state index contributed by atoms with van der Waals surface area (Å²) in [6.07, 6.45) is 2.10. The van der Waals surface area contributed by atoms with Crippen LogP contribution in [0.4, 0.5) is 0 Å². The van der Waals surface area contributed by atoms with Crippen molar-refractivity contribution >= 4 is 21.6 Å². The van der Waals surface area contributed by atoms with Crippen LogP contribution in [0.2, 0.25) is 0 Å². The molecule has 1 unspecified atom stereocenters. The molecule has 1 aliphatic heterocycles. The molecule has 1 atom stereocenters. The zero-order valence-corrected chi connectivity index (χ0v) is 15.7. The third-order valence-electron chi connectivity index (χ3n) is 4.96. The number of aryl methyl sites for hydroxylation is 1. The van der Waals surface area contributed by atoms with Crippen LogP contribution < -0.4 is 0 Å². The minimum absolute atomic E-state index is 0.0757. The number of hydrogen-bond acceptors (Lipinski definition) is 5. The summed E-state index contributed by atoms with van der Waals surface area (Å²) in [6.45, 7) is 3.69. The van der Waals surface area contributed by atoms with Crippen LogP contribution in [0.3, 0.4) is 0 Å². The number of carbonyl (C=O) groups excluding carboxylic acids is 2. The molecule has 0 saturated carbocycles. The average molecular weight is 375 g/mol. The van der Waals surface area contributed by atoms with E-state index >= 15 is 0 Å². The van der Waals surface area contributed by atoms with Gasteiger partial charge in [-0.3, -0.25) is 9.59 Å². The smallest absolute Gasteiger partial charge is 0.325 e. The summed E-state index contributed by atoms with van der Waals surface area (Å²) in [7, 11) is -2.27. The summed E-state index contributed by atoms with van der Waals surface area (Å²) in [6, 6.07) is 9.40. The molecule has 6 nitrogen and oxygen atoms in total. The topological polar surface area (TPSA) is 82.4 Å². The number of fused-ring (bicyclic) bond motifs is 1. The highest BCUT2D eigenvalue weighted by molar-refractivity contribution is 7.92. The maximum absolute atomic E-state index is 13.4. The fourth-order valence-electron chi connectivity index (χ4n) is 3.45. The molecule has 2 aromatic rings. The van der Waals surface area contributed by atoms with Crippen molar-refractivity contribution in [2.75, 3.05) is 7.11 Å². The number of rotatable bonds is 5. The Labute approximate surface area is 152 Å². The summed E-state index contributed by atoms with van der Waals surface area (Å²) < 4.78 is 31.7. The molecule has 2 heterocycles. The predicted octanol–water partition coefficient (Wildman–Crippen LogP) is 2.37. The lowest BCUT2D eigenvalue weighted by Gasteiger charge is -2.24. The Hall–Kier alpha value is -2.41. The van der Waals surface area contributed by atoms with Gasteiger partial charge in [0, 0.05) is 24.0 Å². The normalized spacial score (nSPS) is 19.4. The Kier molecular flexibility index (Phi) is 4.52. The van der Waals surface area contributed by atoms with Gasteiger partial charge in [0.2, 0.25) is 0 Å². The van der Waals surface area contributed by atoms with Crippen molar-refractivity contribution in [3.63, 3.8) is 0 Å². The molecule has 0 radical (unpaired) electrons. The van der Waals surface area contributed by atoms with E-state index in [1.165, 1.54) is 31.4 Å². The van der Waals surface area contributed by atoms with Gasteiger partial charge in [-0.05, 0) is 44.5 Å². The van der Waals surface area contributed by atoms with E-state index in [0.717, 1.165) is 0 Å². The van der Waals surface area contributed by atoms with Crippen molar-refractivity contribution in [2.24, 2.45) is 0 Å². The Balaban J connectivity index is 2.13. The SMILES string of the molecule is COC(=O)C1(C(=O)c2cccc(S(=O)(=O)C(C)C)c2)CCn2cccc21. The van der Waals surface area contributed by atoms with Crippen LogP contribution >= 0.6 is 0 Å². The van der Waals surface area contributed by atoms with Gasteiger partial charge in [-0.15, -0.1) is 0 Å². The van der Waals surface area contributed by atoms with E-state index in [0.29, 0.717) is 12.2 Å². The number of ether oxygens (including phenoxy) is 1. The molecule has 0 saturated heterocycles. The van der Waals surface area contributed by atoms with Crippen LogP contribution in [0.15, 0.2) is 47.5 Å². The maximum Gasteiger partial charge on any atom is 0.325 e. The van der Waals surface area contributed by atoms with Gasteiger partial charge < -0.3 is 9.30 Å². The van der Waals surface area contributed by atoms with Crippen LogP contribution in [-0.4, -0.2) is 37.1 Å². The fourth-order valence-corrected chi connectivity index (χ4v) is 4.55. The maximum atomic E-state index is 13.4. The van der Waals surface area contributed by atoms with Crippen LogP contribution in [0.5, 0.6) is 0 Å². The van der Waals surface area contributed by atoms with Gasteiger partial charge >= 0.3 is 5.97 Å². The highest BCUT2D eigenvalue weighted by Gasteiger charge is 2.53. The van der Waals surface area contributed by atoms with Gasteiger partial charge in [0.1, 0.15) is 0 Å². The molecule has 1 aliphatic rings. The lowest BCUT2D eigenvalue weighted by Crippen LogP contribution is -2.43. The van der Waals surface area contributed by atoms with E-state index < -0.39 is 32.3 Å². The van der Waals surface area contributed by atoms with Gasteiger partial charge in [0.05, 0.1) is 17.3 Å². The molecular weight excluding hydrogens is 354 g/mol. The van der Waals surface area contributed by atoms with Crippen molar-refractivity contribution in [2.45, 2.75) is 42.4 Å². The van der Waals surface area contributed by atoms with Crippen molar-refractivity contribution < 1.29 is 22.7 Å². The Morgan fingerprint density at radius 2 is 1.92 bits per heavy atom. The van der Waals surface area contributed by atoms with E-state index in [2.05, 4.69) is 0 Å². The molecule has 26 heavy (non-hydrogen) atoms. The molecule has 1 aromatic heterocycles. The van der Waals surface area contributed by atoms with Gasteiger partial charge in [-0.1, -0.05) is 12.1 Å². The monoisotopic (exact) mass is 375 g/mol. The molecule has 0 bridgehead atoms. The molecule has 138 valence electrons. The standard InChI is InChI=1S/C19H21NO5S/c1-13(2)26(23,24)15-7-4-6-14(12-15)17(21)19(18(22)25-3)9-11-20-10-5-8-16(19)20/h4-8,10,12-13H,9,11H2,1-3H3. The minimum Gasteiger partial charge on any atom is -0.468 e. The van der Waals surface area contributed by atoms with Gasteiger partial charge in [0.25, 0.3) is 0 Å². The predicted molar refractivity (Wildman–Crippen MR) is 95.8 cm³/mol. The van der Waals surface area contributed by atoms with E-state index in [1.54, 1.807) is 26.0 Å². The number of aromatic nitrogens is 1. The first-order valence-corrected chi connectivity index (χ1v) is 9.92. The number of ketones is 1. The molecule has 0 N–H and O–H groups in total. The Morgan fingerprint density at radius 3 is 2.58 bits per heavy atom. The second kappa shape index (κ2) is 6.39. The Bertz CT molecular complexity index is 973. The Morgan fingerprint density at radius 1 is 1.19 bits per heavy atom. The first-order chi connectivity index (χ1) is 12.2. The lowest BCUT2D eigenvalue weighted by molar-refractivity contribution is -0.145. The highest BCUT2D eigenvalue weighted by Crippen LogP contribution is 2.39. The van der Waals surface area contributed by atoms with E-state index in [-0.39, 0.29) is 16.9 Å². The molecule has 0 fully saturated rings. The number of hydrogen-bond donors (Lipinski definition) is 0. The highest BCUT2D eigenvalue weighted by atomic mass is 32.2. The average Bonchev–Trinajstić information content (AvgIpc) is 3.23. The number of sulfone groups is 1. The lowest BCUT2D eigenvalue weighted by atomic mass is 9.76. The second-order valence-corrected chi connectivity index (χ2v) is 9.19. The molecule has 1 aromatic carbocycles. The summed E-state index contributed by atoms with van der Waals surface area (Å²) >= 11 is 0. The second-order valence-electron chi connectivity index (χ2n) is 6.68. The molecule has 0 aliphatic carbocycles. The van der Waals surface area contributed by atoms with E-state index in [4.69, 9.17) is 4.74 Å². The first-order valence-electron chi connectivity index (χ1n) is 8.38. The van der Waals surface area contributed by atoms with Gasteiger partial charge in [0.15, 0.2) is 21.0 Å². The fraction of sp³-hybridized carbons (Fsp3) is 0.368. The van der Waals surface area contributed by atoms with Crippen molar-refractivity contribution in [3.05, 3.63) is 53.9 Å². The summed E-state index contributed by atoms with van der Waals surface area (Å²) in [5, 5.41) is -0.605. The number of Topliss-reactive ketones (excluding diaryl/α,β-unsaturated/α-hetero) is 1. The van der Waals surface area contributed by atoms with Crippen LogP contribution in [0, 0.1) is 0 Å². The van der Waals surface area contributed by atoms with Crippen molar-refractivity contribution in [1.82, 2.24) is 4.57 Å². The third-order valence-corrected chi connectivity index (χ3v) is 7.11. The van der Waals surface area contributed by atoms with Crippen molar-refractivity contribution in [3.8, 4) is 0 Å². The zero-order chi connectivity index (χ0) is 19.1. The number of benzene rings is 1. The number of methoxy groups -OCH3 is 1. The van der Waals surface area contributed by atoms with Crippen LogP contribution in [-0.2, 0) is 31.3 Å². The van der Waals surface area contributed by atoms with Crippen LogP contribution in [0.25, 0.3) is 0 Å². The van der Waals surface area contributed by atoms with Gasteiger partial charge in [-0.2, -0.15) is 0 Å². The zero-order valence-electron chi connectivity index (χ0n) is 14.9. The number of carbonyl (C=O) groups is 2. The molecule has 0 spiro atoms. The number of esters is 1. The van der Waals surface area contributed by atoms with E-state index in [1.807, 2.05) is 10.8 Å². The summed E-state index contributed by atoms with van der Waals surface area (Å²) in [5.41, 5.74) is -0.684. The largest absolute Gasteiger partial charge is 0.468 e. The van der Waals surface area contributed by atoms with Crippen LogP contribution in [0.1, 0.15) is 36.3 Å². The molecular formula is C19H21NO5S. The molecule has 3 rings (SSSR count). The van der Waals surface area contributed by atoms with Crippen molar-refractivity contribution in [1.29, 1.82) is 0 Å². The molecule has 7 heteroatoms. The number of nitrogens with zero attached hydrogens (tertiary/aromatic N) is 1. The summed E-state index contributed by atoms with van der Waals surface area (Å²) in [4.78, 5) is 26.1. The minimum atomic E-state index is -3.53. The van der Waals surface area contributed by atoms with E-state index in [9.17, 15) is 18.0 Å². The van der Waals surface area contributed by atoms with Gasteiger partial charge in [-0.25, -0.2) is 8.42 Å². The summed E-state index contributed by atoms with van der Waals surface area (Å²) in [5.74, 6) is -1.07. The molecule has 0 amide bonds. The first kappa shape index (κ1) is 18.4. The quantitative estimate of drug-likeness (QED) is 0.455. The third kappa shape index (κ3) is 2.58.